The standard InChI is InChI=1S/C23H19N5O/c1-15-19-5-3-4-6-21(19)26-22(20(15)13-24)16-7-9-17(10-8-16)23(29)28(2)14-18-11-12-25-27-18/h3-12H,14H2,1-2H3,(H,25,27). The van der Waals surface area contributed by atoms with E-state index in [0.29, 0.717) is 23.4 Å². The highest BCUT2D eigenvalue weighted by Crippen LogP contribution is 2.29. The van der Waals surface area contributed by atoms with Crippen LogP contribution in [0.4, 0.5) is 0 Å². The third-order valence-electron chi connectivity index (χ3n) is 4.98. The van der Waals surface area contributed by atoms with Crippen LogP contribution in [0.1, 0.15) is 27.2 Å². The minimum atomic E-state index is -0.0886. The van der Waals surface area contributed by atoms with Gasteiger partial charge in [-0.25, -0.2) is 4.98 Å². The van der Waals surface area contributed by atoms with Gasteiger partial charge in [-0.2, -0.15) is 10.4 Å². The van der Waals surface area contributed by atoms with Crippen LogP contribution in [0.25, 0.3) is 22.2 Å². The summed E-state index contributed by atoms with van der Waals surface area (Å²) in [5.41, 5.74) is 5.19. The predicted octanol–water partition coefficient (Wildman–Crippen LogP) is 4.08. The molecule has 0 aliphatic heterocycles. The van der Waals surface area contributed by atoms with E-state index >= 15 is 0 Å². The van der Waals surface area contributed by atoms with Crippen LogP contribution in [0, 0.1) is 18.3 Å². The topological polar surface area (TPSA) is 85.7 Å². The Balaban J connectivity index is 1.66. The maximum absolute atomic E-state index is 12.7. The number of amides is 1. The molecule has 1 amide bonds. The number of aromatic amines is 1. The number of para-hydroxylation sites is 1. The highest BCUT2D eigenvalue weighted by atomic mass is 16.2. The lowest BCUT2D eigenvalue weighted by molar-refractivity contribution is 0.0783. The molecule has 142 valence electrons. The van der Waals surface area contributed by atoms with Gasteiger partial charge in [-0.3, -0.25) is 9.89 Å². The third-order valence-corrected chi connectivity index (χ3v) is 4.98. The van der Waals surface area contributed by atoms with Gasteiger partial charge in [0.25, 0.3) is 5.91 Å². The zero-order valence-corrected chi connectivity index (χ0v) is 16.2. The lowest BCUT2D eigenvalue weighted by Gasteiger charge is -2.16. The lowest BCUT2D eigenvalue weighted by Crippen LogP contribution is -2.26. The number of nitrogens with one attached hydrogen (secondary N) is 1. The smallest absolute Gasteiger partial charge is 0.253 e. The summed E-state index contributed by atoms with van der Waals surface area (Å²) in [4.78, 5) is 19.0. The van der Waals surface area contributed by atoms with Gasteiger partial charge >= 0.3 is 0 Å². The van der Waals surface area contributed by atoms with E-state index in [9.17, 15) is 10.1 Å². The summed E-state index contributed by atoms with van der Waals surface area (Å²) < 4.78 is 0. The van der Waals surface area contributed by atoms with Crippen molar-refractivity contribution in [1.29, 1.82) is 5.26 Å². The molecule has 4 rings (SSSR count). The highest BCUT2D eigenvalue weighted by Gasteiger charge is 2.16. The molecule has 0 aliphatic carbocycles. The maximum atomic E-state index is 12.7. The number of carbonyl (C=O) groups is 1. The van der Waals surface area contributed by atoms with E-state index in [1.54, 1.807) is 30.3 Å². The molecule has 0 saturated heterocycles. The van der Waals surface area contributed by atoms with Gasteiger partial charge in [0.2, 0.25) is 0 Å². The van der Waals surface area contributed by atoms with Gasteiger partial charge in [0.1, 0.15) is 6.07 Å². The van der Waals surface area contributed by atoms with Crippen LogP contribution in [-0.4, -0.2) is 33.0 Å². The molecule has 2 heterocycles. The average Bonchev–Trinajstić information content (AvgIpc) is 3.26. The van der Waals surface area contributed by atoms with Gasteiger partial charge in [0.15, 0.2) is 0 Å². The number of nitriles is 1. The second kappa shape index (κ2) is 7.56. The van der Waals surface area contributed by atoms with Crippen molar-refractivity contribution in [3.63, 3.8) is 0 Å². The number of nitrogens with zero attached hydrogens (tertiary/aromatic N) is 4. The van der Waals surface area contributed by atoms with Crippen LogP contribution in [0.15, 0.2) is 60.8 Å². The number of hydrogen-bond donors (Lipinski definition) is 1. The first-order valence-electron chi connectivity index (χ1n) is 9.22. The van der Waals surface area contributed by atoms with Crippen LogP contribution in [0.3, 0.4) is 0 Å². The molecule has 2 aromatic heterocycles. The zero-order chi connectivity index (χ0) is 20.4. The minimum Gasteiger partial charge on any atom is -0.336 e. The molecule has 0 saturated carbocycles. The second-order valence-corrected chi connectivity index (χ2v) is 6.91. The van der Waals surface area contributed by atoms with Crippen LogP contribution in [0.2, 0.25) is 0 Å². The predicted molar refractivity (Wildman–Crippen MR) is 111 cm³/mol. The average molecular weight is 381 g/mol. The number of benzene rings is 2. The molecule has 0 aliphatic rings. The molecular formula is C23H19N5O. The monoisotopic (exact) mass is 381 g/mol. The summed E-state index contributed by atoms with van der Waals surface area (Å²) in [7, 11) is 1.75. The molecule has 0 fully saturated rings. The summed E-state index contributed by atoms with van der Waals surface area (Å²) >= 11 is 0. The van der Waals surface area contributed by atoms with Gasteiger partial charge in [-0.05, 0) is 36.8 Å². The molecule has 0 radical (unpaired) electrons. The fourth-order valence-corrected chi connectivity index (χ4v) is 3.41. The maximum Gasteiger partial charge on any atom is 0.253 e. The number of aromatic nitrogens is 3. The zero-order valence-electron chi connectivity index (χ0n) is 16.2. The molecule has 0 atom stereocenters. The van der Waals surface area contributed by atoms with Crippen molar-refractivity contribution in [2.24, 2.45) is 0 Å². The number of aryl methyl sites for hydroxylation is 1. The number of rotatable bonds is 4. The van der Waals surface area contributed by atoms with Crippen LogP contribution in [0.5, 0.6) is 0 Å². The minimum absolute atomic E-state index is 0.0886. The summed E-state index contributed by atoms with van der Waals surface area (Å²) in [5, 5.41) is 17.4. The number of H-pyrrole nitrogens is 1. The van der Waals surface area contributed by atoms with Crippen molar-refractivity contribution < 1.29 is 4.79 Å². The molecule has 6 heteroatoms. The number of hydrogen-bond acceptors (Lipinski definition) is 4. The molecule has 0 spiro atoms. The van der Waals surface area contributed by atoms with E-state index in [1.165, 1.54) is 0 Å². The SMILES string of the molecule is Cc1c(C#N)c(-c2ccc(C(=O)N(C)Cc3ccn[nH]3)cc2)nc2ccccc12. The van der Waals surface area contributed by atoms with Gasteiger partial charge in [0, 0.05) is 29.8 Å². The van der Waals surface area contributed by atoms with Crippen molar-refractivity contribution in [2.75, 3.05) is 7.05 Å². The van der Waals surface area contributed by atoms with E-state index < -0.39 is 0 Å². The Hall–Kier alpha value is -3.98. The van der Waals surface area contributed by atoms with E-state index in [2.05, 4.69) is 16.3 Å². The van der Waals surface area contributed by atoms with Gasteiger partial charge in [-0.15, -0.1) is 0 Å². The Labute approximate surface area is 168 Å². The first kappa shape index (κ1) is 18.4. The summed E-state index contributed by atoms with van der Waals surface area (Å²) in [5.74, 6) is -0.0886. The van der Waals surface area contributed by atoms with E-state index in [1.807, 2.05) is 49.4 Å². The summed E-state index contributed by atoms with van der Waals surface area (Å²) in [6.07, 6.45) is 1.66. The van der Waals surface area contributed by atoms with Crippen molar-refractivity contribution >= 4 is 16.8 Å². The Kier molecular flexibility index (Phi) is 4.80. The van der Waals surface area contributed by atoms with Crippen molar-refractivity contribution in [3.8, 4) is 17.3 Å². The van der Waals surface area contributed by atoms with Crippen molar-refractivity contribution in [1.82, 2.24) is 20.1 Å². The number of fused-ring (bicyclic) bond motifs is 1. The highest BCUT2D eigenvalue weighted by molar-refractivity contribution is 5.95. The Morgan fingerprint density at radius 2 is 1.90 bits per heavy atom. The molecule has 0 unspecified atom stereocenters. The normalized spacial score (nSPS) is 10.7. The van der Waals surface area contributed by atoms with Gasteiger partial charge < -0.3 is 4.90 Å². The van der Waals surface area contributed by atoms with Crippen molar-refractivity contribution in [3.05, 3.63) is 83.2 Å². The van der Waals surface area contributed by atoms with Gasteiger partial charge in [-0.1, -0.05) is 30.3 Å². The van der Waals surface area contributed by atoms with Crippen molar-refractivity contribution in [2.45, 2.75) is 13.5 Å². The van der Waals surface area contributed by atoms with E-state index in [4.69, 9.17) is 4.98 Å². The Morgan fingerprint density at radius 3 is 2.59 bits per heavy atom. The van der Waals surface area contributed by atoms with Crippen LogP contribution < -0.4 is 0 Å². The number of pyridine rings is 1. The Morgan fingerprint density at radius 1 is 1.14 bits per heavy atom. The largest absolute Gasteiger partial charge is 0.336 e. The molecule has 0 bridgehead atoms. The molecule has 4 aromatic rings. The first-order valence-corrected chi connectivity index (χ1v) is 9.22. The van der Waals surface area contributed by atoms with Crippen LogP contribution >= 0.6 is 0 Å². The fraction of sp³-hybridized carbons (Fsp3) is 0.130. The van der Waals surface area contributed by atoms with Gasteiger partial charge in [0.05, 0.1) is 29.0 Å². The summed E-state index contributed by atoms with van der Waals surface area (Å²) in [6, 6.07) is 19.1. The quantitative estimate of drug-likeness (QED) is 0.577. The Bertz CT molecular complexity index is 1220. The first-order chi connectivity index (χ1) is 14.1. The molecule has 6 nitrogen and oxygen atoms in total. The number of carbonyl (C=O) groups excluding carboxylic acids is 1. The second-order valence-electron chi connectivity index (χ2n) is 6.91. The lowest BCUT2D eigenvalue weighted by atomic mass is 9.98. The van der Waals surface area contributed by atoms with Crippen LogP contribution in [-0.2, 0) is 6.54 Å². The summed E-state index contributed by atoms with van der Waals surface area (Å²) in [6.45, 7) is 2.39. The fourth-order valence-electron chi connectivity index (χ4n) is 3.41. The van der Waals surface area contributed by atoms with E-state index in [0.717, 1.165) is 27.7 Å². The molecule has 29 heavy (non-hydrogen) atoms. The van der Waals surface area contributed by atoms with E-state index in [-0.39, 0.29) is 5.91 Å². The molecule has 2 aromatic carbocycles. The third kappa shape index (κ3) is 3.46. The molecular weight excluding hydrogens is 362 g/mol. The molecule has 1 N–H and O–H groups in total.